The summed E-state index contributed by atoms with van der Waals surface area (Å²) < 4.78 is 17.5. The maximum absolute atomic E-state index is 12.1. The minimum Gasteiger partial charge on any atom is -0.507 e. The first-order chi connectivity index (χ1) is 16.8. The summed E-state index contributed by atoms with van der Waals surface area (Å²) in [6, 6.07) is 12.8. The third-order valence-electron chi connectivity index (χ3n) is 7.61. The summed E-state index contributed by atoms with van der Waals surface area (Å²) in [5.74, 6) is 0.115. The maximum atomic E-state index is 12.1. The summed E-state index contributed by atoms with van der Waals surface area (Å²) in [7, 11) is 0. The Morgan fingerprint density at radius 3 is 2.31 bits per heavy atom. The molecule has 0 radical (unpaired) electrons. The van der Waals surface area contributed by atoms with Gasteiger partial charge in [-0.2, -0.15) is 0 Å². The number of phenolic OH excluding ortho intramolecular Hbond substituents is 1. The number of aliphatic hydroxyl groups excluding tert-OH is 1. The van der Waals surface area contributed by atoms with E-state index in [-0.39, 0.29) is 22.8 Å². The van der Waals surface area contributed by atoms with Gasteiger partial charge in [-0.15, -0.1) is 0 Å². The number of hydrogen-bond donors (Lipinski definition) is 2. The third kappa shape index (κ3) is 3.22. The second-order valence-corrected chi connectivity index (χ2v) is 9.80. The number of aromatic hydroxyl groups is 1. The van der Waals surface area contributed by atoms with Crippen LogP contribution in [-0.4, -0.2) is 16.3 Å². The van der Waals surface area contributed by atoms with E-state index in [4.69, 9.17) is 13.6 Å². The van der Waals surface area contributed by atoms with E-state index in [1.165, 1.54) is 23.8 Å². The van der Waals surface area contributed by atoms with Crippen LogP contribution >= 0.6 is 0 Å². The standard InChI is InChI=1S/C28H24O7/c1-14-11-12-28(2)17(13-14)22-19(8-4-16-6-10-20(30)34-25(16)22)33-27(28)24(32)23-18(29)7-3-15-5-9-21(31)35-26(15)23/h3-10,13,17,24,27,29,32H,11-12H2,1-2H3. The van der Waals surface area contributed by atoms with Crippen molar-refractivity contribution in [2.75, 3.05) is 0 Å². The van der Waals surface area contributed by atoms with Gasteiger partial charge in [-0.25, -0.2) is 9.59 Å². The molecule has 0 saturated heterocycles. The van der Waals surface area contributed by atoms with Crippen molar-refractivity contribution < 1.29 is 23.8 Å². The van der Waals surface area contributed by atoms with E-state index in [0.29, 0.717) is 23.1 Å². The van der Waals surface area contributed by atoms with Crippen molar-refractivity contribution in [3.63, 3.8) is 0 Å². The van der Waals surface area contributed by atoms with Crippen molar-refractivity contribution in [2.45, 2.75) is 44.8 Å². The van der Waals surface area contributed by atoms with Crippen LogP contribution in [0.5, 0.6) is 11.5 Å². The lowest BCUT2D eigenvalue weighted by atomic mass is 9.60. The Labute approximate surface area is 199 Å². The van der Waals surface area contributed by atoms with Crippen LogP contribution in [0, 0.1) is 5.41 Å². The summed E-state index contributed by atoms with van der Waals surface area (Å²) >= 11 is 0. The molecule has 0 spiro atoms. The molecule has 178 valence electrons. The molecular weight excluding hydrogens is 448 g/mol. The molecule has 2 aliphatic rings. The summed E-state index contributed by atoms with van der Waals surface area (Å²) in [5, 5.41) is 23.9. The molecule has 6 rings (SSSR count). The van der Waals surface area contributed by atoms with E-state index in [2.05, 4.69) is 13.0 Å². The van der Waals surface area contributed by atoms with Gasteiger partial charge in [-0.05, 0) is 56.2 Å². The van der Waals surface area contributed by atoms with Crippen LogP contribution in [-0.2, 0) is 0 Å². The average Bonchev–Trinajstić information content (AvgIpc) is 2.83. The lowest BCUT2D eigenvalue weighted by Gasteiger charge is -2.50. The number of hydrogen-bond acceptors (Lipinski definition) is 7. The maximum Gasteiger partial charge on any atom is 0.336 e. The van der Waals surface area contributed by atoms with E-state index < -0.39 is 28.9 Å². The van der Waals surface area contributed by atoms with Gasteiger partial charge in [0.05, 0.1) is 5.56 Å². The molecule has 0 bridgehead atoms. The summed E-state index contributed by atoms with van der Waals surface area (Å²) in [4.78, 5) is 24.1. The molecule has 2 N–H and O–H groups in total. The molecule has 2 aromatic heterocycles. The fourth-order valence-electron chi connectivity index (χ4n) is 5.72. The van der Waals surface area contributed by atoms with Crippen molar-refractivity contribution in [2.24, 2.45) is 5.41 Å². The molecule has 4 atom stereocenters. The number of ether oxygens (including phenoxy) is 1. The lowest BCUT2D eigenvalue weighted by Crippen LogP contribution is -2.49. The zero-order valence-corrected chi connectivity index (χ0v) is 19.3. The van der Waals surface area contributed by atoms with Crippen LogP contribution in [0.25, 0.3) is 21.9 Å². The largest absolute Gasteiger partial charge is 0.507 e. The van der Waals surface area contributed by atoms with Crippen molar-refractivity contribution >= 4 is 21.9 Å². The Hall–Kier alpha value is -3.84. The van der Waals surface area contributed by atoms with Crippen LogP contribution in [0.2, 0.25) is 0 Å². The SMILES string of the molecule is CC1=CC2c3c(ccc4ccc(=O)oc34)OC(C(O)c3c(O)ccc4ccc(=O)oc34)C2(C)CC1. The van der Waals surface area contributed by atoms with Gasteiger partial charge >= 0.3 is 11.3 Å². The van der Waals surface area contributed by atoms with Crippen LogP contribution < -0.4 is 16.0 Å². The van der Waals surface area contributed by atoms with Crippen molar-refractivity contribution in [3.8, 4) is 11.5 Å². The van der Waals surface area contributed by atoms with Gasteiger partial charge in [0.25, 0.3) is 0 Å². The number of aliphatic hydroxyl groups is 1. The molecule has 35 heavy (non-hydrogen) atoms. The Balaban J connectivity index is 1.59. The monoisotopic (exact) mass is 472 g/mol. The summed E-state index contributed by atoms with van der Waals surface area (Å²) in [6.07, 6.45) is 1.58. The van der Waals surface area contributed by atoms with Crippen molar-refractivity contribution in [1.29, 1.82) is 0 Å². The van der Waals surface area contributed by atoms with Crippen LogP contribution in [0.1, 0.15) is 49.8 Å². The first-order valence-corrected chi connectivity index (χ1v) is 11.6. The molecule has 0 saturated carbocycles. The third-order valence-corrected chi connectivity index (χ3v) is 7.61. The van der Waals surface area contributed by atoms with Crippen LogP contribution in [0.15, 0.2) is 78.6 Å². The lowest BCUT2D eigenvalue weighted by molar-refractivity contribution is -0.0684. The molecule has 0 fully saturated rings. The average molecular weight is 472 g/mol. The molecule has 3 heterocycles. The van der Waals surface area contributed by atoms with Crippen molar-refractivity contribution in [1.82, 2.24) is 0 Å². The second-order valence-electron chi connectivity index (χ2n) is 9.80. The van der Waals surface area contributed by atoms with Gasteiger partial charge in [0.15, 0.2) is 0 Å². The Kier molecular flexibility index (Phi) is 4.70. The number of allylic oxidation sites excluding steroid dienone is 2. The van der Waals surface area contributed by atoms with Crippen molar-refractivity contribution in [3.05, 3.63) is 92.1 Å². The Morgan fingerprint density at radius 1 is 0.943 bits per heavy atom. The van der Waals surface area contributed by atoms with E-state index in [0.717, 1.165) is 17.4 Å². The second kappa shape index (κ2) is 7.58. The quantitative estimate of drug-likeness (QED) is 0.314. The molecule has 2 aromatic carbocycles. The zero-order valence-electron chi connectivity index (χ0n) is 19.3. The smallest absolute Gasteiger partial charge is 0.336 e. The topological polar surface area (TPSA) is 110 Å². The molecule has 4 aromatic rings. The molecule has 1 aliphatic heterocycles. The molecule has 7 heteroatoms. The summed E-state index contributed by atoms with van der Waals surface area (Å²) in [6.45, 7) is 4.10. The highest BCUT2D eigenvalue weighted by Gasteiger charge is 2.53. The highest BCUT2D eigenvalue weighted by molar-refractivity contribution is 5.84. The van der Waals surface area contributed by atoms with Gasteiger partial charge in [-0.3, -0.25) is 0 Å². The van der Waals surface area contributed by atoms with E-state index >= 15 is 0 Å². The molecule has 0 amide bonds. The number of benzene rings is 2. The predicted molar refractivity (Wildman–Crippen MR) is 130 cm³/mol. The van der Waals surface area contributed by atoms with Crippen LogP contribution in [0.3, 0.4) is 0 Å². The molecule has 1 aliphatic carbocycles. The van der Waals surface area contributed by atoms with E-state index in [9.17, 15) is 19.8 Å². The number of phenols is 1. The van der Waals surface area contributed by atoms with Gasteiger partial charge in [0, 0.05) is 39.8 Å². The first-order valence-electron chi connectivity index (χ1n) is 11.6. The zero-order chi connectivity index (χ0) is 24.5. The Morgan fingerprint density at radius 2 is 1.57 bits per heavy atom. The molecule has 7 nitrogen and oxygen atoms in total. The van der Waals surface area contributed by atoms with Gasteiger partial charge < -0.3 is 23.8 Å². The predicted octanol–water partition coefficient (Wildman–Crippen LogP) is 4.93. The number of fused-ring (bicyclic) bond motifs is 6. The van der Waals surface area contributed by atoms with Gasteiger partial charge in [-0.1, -0.05) is 18.6 Å². The normalized spacial score (nSPS) is 24.4. The molecular formula is C28H24O7. The fraction of sp³-hybridized carbons (Fsp3) is 0.286. The van der Waals surface area contributed by atoms with Gasteiger partial charge in [0.2, 0.25) is 0 Å². The van der Waals surface area contributed by atoms with Crippen LogP contribution in [0.4, 0.5) is 0 Å². The minimum absolute atomic E-state index is 0.118. The summed E-state index contributed by atoms with van der Waals surface area (Å²) in [5.41, 5.74) is 1.07. The fourth-order valence-corrected chi connectivity index (χ4v) is 5.72. The minimum atomic E-state index is -1.30. The van der Waals surface area contributed by atoms with E-state index in [1.807, 2.05) is 19.1 Å². The highest BCUT2D eigenvalue weighted by atomic mass is 16.5. The van der Waals surface area contributed by atoms with Gasteiger partial charge in [0.1, 0.15) is 34.9 Å². The highest BCUT2D eigenvalue weighted by Crippen LogP contribution is 2.58. The first kappa shape index (κ1) is 21.7. The molecule has 4 unspecified atom stereocenters. The number of rotatable bonds is 2. The van der Waals surface area contributed by atoms with E-state index in [1.54, 1.807) is 18.2 Å². The Bertz CT molecular complexity index is 1640.